The molecule has 1 aromatic heterocycles. The van der Waals surface area contributed by atoms with Crippen LogP contribution in [-0.2, 0) is 4.79 Å². The van der Waals surface area contributed by atoms with Crippen molar-refractivity contribution in [1.82, 2.24) is 15.1 Å². The van der Waals surface area contributed by atoms with Crippen molar-refractivity contribution in [1.29, 1.82) is 0 Å². The molecular weight excluding hydrogens is 377 g/mol. The van der Waals surface area contributed by atoms with E-state index in [-0.39, 0.29) is 24.2 Å². The first-order valence-corrected chi connectivity index (χ1v) is 10.1. The third-order valence-corrected chi connectivity index (χ3v) is 5.89. The number of para-hydroxylation sites is 1. The minimum atomic E-state index is -0.302. The number of rotatable bonds is 5. The number of amides is 1. The van der Waals surface area contributed by atoms with Gasteiger partial charge in [0.15, 0.2) is 11.6 Å². The first kappa shape index (κ1) is 18.6. The van der Waals surface area contributed by atoms with Gasteiger partial charge in [-0.15, -0.1) is 10.2 Å². The van der Waals surface area contributed by atoms with Gasteiger partial charge < -0.3 is 9.64 Å². The molecule has 3 aromatic rings. The highest BCUT2D eigenvalue weighted by Gasteiger charge is 2.27. The Morgan fingerprint density at radius 1 is 1.14 bits per heavy atom. The highest BCUT2D eigenvalue weighted by Crippen LogP contribution is 2.33. The van der Waals surface area contributed by atoms with Crippen molar-refractivity contribution in [2.75, 3.05) is 19.7 Å². The molecule has 1 amide bonds. The maximum atomic E-state index is 14.0. The largest absolute Gasteiger partial charge is 0.484 e. The van der Waals surface area contributed by atoms with Crippen LogP contribution in [0.4, 0.5) is 4.39 Å². The van der Waals surface area contributed by atoms with E-state index in [0.29, 0.717) is 29.4 Å². The number of carbonyl (C=O) groups is 1. The lowest BCUT2D eigenvalue weighted by Crippen LogP contribution is -2.41. The van der Waals surface area contributed by atoms with Crippen molar-refractivity contribution in [2.45, 2.75) is 18.8 Å². The molecular formula is C21H20FN3O2S. The summed E-state index contributed by atoms with van der Waals surface area (Å²) in [6.07, 6.45) is 1.84. The number of benzene rings is 2. The van der Waals surface area contributed by atoms with Gasteiger partial charge >= 0.3 is 0 Å². The van der Waals surface area contributed by atoms with Gasteiger partial charge in [0.05, 0.1) is 0 Å². The minimum Gasteiger partial charge on any atom is -0.484 e. The molecule has 0 aliphatic carbocycles. The van der Waals surface area contributed by atoms with Crippen LogP contribution >= 0.6 is 11.3 Å². The van der Waals surface area contributed by atoms with Crippen molar-refractivity contribution in [3.05, 3.63) is 65.4 Å². The number of piperidine rings is 1. The summed E-state index contributed by atoms with van der Waals surface area (Å²) in [7, 11) is 0. The second-order valence-electron chi connectivity index (χ2n) is 6.71. The Balaban J connectivity index is 1.40. The van der Waals surface area contributed by atoms with E-state index in [1.54, 1.807) is 18.2 Å². The number of aromatic nitrogens is 2. The molecule has 4 rings (SSSR count). The Hall–Kier alpha value is -2.80. The molecule has 5 nitrogen and oxygen atoms in total. The Bertz CT molecular complexity index is 948. The molecule has 28 heavy (non-hydrogen) atoms. The fourth-order valence-corrected chi connectivity index (χ4v) is 4.30. The number of hydrogen-bond acceptors (Lipinski definition) is 5. The predicted molar refractivity (Wildman–Crippen MR) is 106 cm³/mol. The summed E-state index contributed by atoms with van der Waals surface area (Å²) in [6.45, 7) is 1.32. The minimum absolute atomic E-state index is 0.0212. The van der Waals surface area contributed by atoms with Crippen LogP contribution in [0.5, 0.6) is 5.75 Å². The number of halogens is 1. The maximum Gasteiger partial charge on any atom is 0.260 e. The summed E-state index contributed by atoms with van der Waals surface area (Å²) in [4.78, 5) is 14.4. The van der Waals surface area contributed by atoms with Gasteiger partial charge in [0.2, 0.25) is 0 Å². The zero-order valence-electron chi connectivity index (χ0n) is 15.3. The van der Waals surface area contributed by atoms with E-state index < -0.39 is 0 Å². The number of hydrogen-bond donors (Lipinski definition) is 0. The second kappa shape index (κ2) is 8.48. The molecule has 7 heteroatoms. The molecule has 1 aliphatic rings. The van der Waals surface area contributed by atoms with E-state index in [1.807, 2.05) is 35.2 Å². The van der Waals surface area contributed by atoms with Gasteiger partial charge in [-0.3, -0.25) is 4.79 Å². The smallest absolute Gasteiger partial charge is 0.260 e. The molecule has 0 saturated carbocycles. The normalized spacial score (nSPS) is 16.8. The highest BCUT2D eigenvalue weighted by molar-refractivity contribution is 7.14. The van der Waals surface area contributed by atoms with Crippen LogP contribution in [0.15, 0.2) is 54.6 Å². The molecule has 0 spiro atoms. The highest BCUT2D eigenvalue weighted by atomic mass is 32.1. The topological polar surface area (TPSA) is 55.3 Å². The first-order valence-electron chi connectivity index (χ1n) is 9.24. The van der Waals surface area contributed by atoms with Gasteiger partial charge in [0.25, 0.3) is 5.91 Å². The first-order chi connectivity index (χ1) is 13.7. The Morgan fingerprint density at radius 3 is 2.75 bits per heavy atom. The molecule has 2 heterocycles. The Labute approximate surface area is 166 Å². The van der Waals surface area contributed by atoms with Crippen LogP contribution in [0, 0.1) is 5.82 Å². The van der Waals surface area contributed by atoms with Crippen molar-refractivity contribution >= 4 is 17.2 Å². The summed E-state index contributed by atoms with van der Waals surface area (Å²) in [6, 6.07) is 15.9. The van der Waals surface area contributed by atoms with Gasteiger partial charge in [0.1, 0.15) is 16.6 Å². The number of carbonyl (C=O) groups excluding carboxylic acids is 1. The Kier molecular flexibility index (Phi) is 5.62. The van der Waals surface area contributed by atoms with E-state index in [4.69, 9.17) is 4.74 Å². The van der Waals surface area contributed by atoms with Gasteiger partial charge in [-0.1, -0.05) is 41.7 Å². The van der Waals surface area contributed by atoms with E-state index in [9.17, 15) is 9.18 Å². The molecule has 1 unspecified atom stereocenters. The van der Waals surface area contributed by atoms with E-state index in [0.717, 1.165) is 17.8 Å². The quantitative estimate of drug-likeness (QED) is 0.650. The zero-order chi connectivity index (χ0) is 19.3. The molecule has 144 valence electrons. The van der Waals surface area contributed by atoms with Crippen LogP contribution in [0.3, 0.4) is 0 Å². The van der Waals surface area contributed by atoms with Crippen molar-refractivity contribution in [3.8, 4) is 16.3 Å². The molecule has 1 fully saturated rings. The maximum absolute atomic E-state index is 14.0. The molecule has 2 aromatic carbocycles. The summed E-state index contributed by atoms with van der Waals surface area (Å²) >= 11 is 1.40. The summed E-state index contributed by atoms with van der Waals surface area (Å²) in [5.41, 5.74) is 0.464. The number of ether oxygens (including phenoxy) is 1. The molecule has 0 radical (unpaired) electrons. The van der Waals surface area contributed by atoms with Crippen LogP contribution in [-0.4, -0.2) is 40.7 Å². The van der Waals surface area contributed by atoms with E-state index in [2.05, 4.69) is 10.2 Å². The molecule has 1 saturated heterocycles. The lowest BCUT2D eigenvalue weighted by atomic mass is 9.99. The summed E-state index contributed by atoms with van der Waals surface area (Å²) < 4.78 is 19.6. The molecule has 1 aliphatic heterocycles. The van der Waals surface area contributed by atoms with E-state index in [1.165, 1.54) is 17.4 Å². The standard InChI is InChI=1S/C21H20FN3O2S/c22-18-11-5-4-10-17(18)21-24-23-20(28-21)15-7-6-12-25(13-15)19(26)14-27-16-8-2-1-3-9-16/h1-5,8-11,15H,6-7,12-14H2. The average molecular weight is 397 g/mol. The third-order valence-electron chi connectivity index (χ3n) is 4.77. The Morgan fingerprint density at radius 2 is 1.93 bits per heavy atom. The molecule has 0 N–H and O–H groups in total. The molecule has 1 atom stereocenters. The summed E-state index contributed by atoms with van der Waals surface area (Å²) in [5.74, 6) is 0.464. The zero-order valence-corrected chi connectivity index (χ0v) is 16.1. The van der Waals surface area contributed by atoms with Gasteiger partial charge in [-0.25, -0.2) is 4.39 Å². The van der Waals surface area contributed by atoms with Gasteiger partial charge in [0, 0.05) is 24.6 Å². The van der Waals surface area contributed by atoms with E-state index >= 15 is 0 Å². The average Bonchev–Trinajstić information content (AvgIpc) is 3.23. The summed E-state index contributed by atoms with van der Waals surface area (Å²) in [5, 5.41) is 9.87. The predicted octanol–water partition coefficient (Wildman–Crippen LogP) is 4.13. The third kappa shape index (κ3) is 4.20. The van der Waals surface area contributed by atoms with Crippen molar-refractivity contribution < 1.29 is 13.9 Å². The van der Waals surface area contributed by atoms with Crippen LogP contribution in [0.1, 0.15) is 23.8 Å². The van der Waals surface area contributed by atoms with Crippen LogP contribution in [0.2, 0.25) is 0 Å². The monoisotopic (exact) mass is 397 g/mol. The fraction of sp³-hybridized carbons (Fsp3) is 0.286. The lowest BCUT2D eigenvalue weighted by Gasteiger charge is -2.31. The van der Waals surface area contributed by atoms with Crippen LogP contribution < -0.4 is 4.74 Å². The number of nitrogens with zero attached hydrogens (tertiary/aromatic N) is 3. The SMILES string of the molecule is O=C(COc1ccccc1)N1CCCC(c2nnc(-c3ccccc3F)s2)C1. The lowest BCUT2D eigenvalue weighted by molar-refractivity contribution is -0.134. The second-order valence-corrected chi connectivity index (χ2v) is 7.72. The number of likely N-dealkylation sites (tertiary alicyclic amines) is 1. The van der Waals surface area contributed by atoms with Gasteiger partial charge in [-0.2, -0.15) is 0 Å². The van der Waals surface area contributed by atoms with Crippen LogP contribution in [0.25, 0.3) is 10.6 Å². The molecule has 0 bridgehead atoms. The fourth-order valence-electron chi connectivity index (χ4n) is 3.30. The van der Waals surface area contributed by atoms with Crippen molar-refractivity contribution in [3.63, 3.8) is 0 Å². The van der Waals surface area contributed by atoms with Crippen molar-refractivity contribution in [2.24, 2.45) is 0 Å². The van der Waals surface area contributed by atoms with Gasteiger partial charge in [-0.05, 0) is 37.1 Å².